The zero-order chi connectivity index (χ0) is 10.7. The first-order valence-electron chi connectivity index (χ1n) is 4.41. The Morgan fingerprint density at radius 3 is 2.53 bits per heavy atom. The van der Waals surface area contributed by atoms with Gasteiger partial charge in [0.15, 0.2) is 0 Å². The average Bonchev–Trinajstić information content (AvgIpc) is 2.65. The maximum absolute atomic E-state index is 5.88. The summed E-state index contributed by atoms with van der Waals surface area (Å²) in [5.41, 5.74) is 1.97. The van der Waals surface area contributed by atoms with E-state index in [2.05, 4.69) is 15.5 Å². The van der Waals surface area contributed by atoms with Gasteiger partial charge in [0.1, 0.15) is 0 Å². The van der Waals surface area contributed by atoms with Gasteiger partial charge in [-0.3, -0.25) is 5.10 Å². The number of nitrogens with one attached hydrogen (secondary N) is 2. The van der Waals surface area contributed by atoms with Crippen molar-refractivity contribution in [3.63, 3.8) is 0 Å². The average molecular weight is 242 g/mol. The van der Waals surface area contributed by atoms with E-state index < -0.39 is 0 Å². The molecule has 0 aliphatic rings. The lowest BCUT2D eigenvalue weighted by Crippen LogP contribution is -1.98. The standard InChI is InChI=1S/C10H9Cl2N3/c11-8-1-7(2-9(12)3-8)4-13-10-5-14-15-6-10/h1-3,5-6,13H,4H2,(H,14,15). The SMILES string of the molecule is Clc1cc(Cl)cc(CNc2cn[nH]c2)c1. The molecule has 0 saturated carbocycles. The van der Waals surface area contributed by atoms with Crippen molar-refractivity contribution in [2.24, 2.45) is 0 Å². The highest BCUT2D eigenvalue weighted by molar-refractivity contribution is 6.34. The van der Waals surface area contributed by atoms with Gasteiger partial charge in [0.25, 0.3) is 0 Å². The molecule has 0 aliphatic heterocycles. The first kappa shape index (κ1) is 10.3. The molecule has 5 heteroatoms. The summed E-state index contributed by atoms with van der Waals surface area (Å²) >= 11 is 11.8. The normalized spacial score (nSPS) is 10.3. The van der Waals surface area contributed by atoms with Crippen LogP contribution in [0.1, 0.15) is 5.56 Å². The van der Waals surface area contributed by atoms with Crippen LogP contribution in [0.5, 0.6) is 0 Å². The lowest BCUT2D eigenvalue weighted by molar-refractivity contribution is 1.09. The minimum Gasteiger partial charge on any atom is -0.378 e. The Kier molecular flexibility index (Phi) is 3.14. The Hall–Kier alpha value is -1.19. The molecular formula is C10H9Cl2N3. The van der Waals surface area contributed by atoms with Gasteiger partial charge in [0.2, 0.25) is 0 Å². The molecular weight excluding hydrogens is 233 g/mol. The van der Waals surface area contributed by atoms with E-state index >= 15 is 0 Å². The van der Waals surface area contributed by atoms with Crippen LogP contribution in [0.3, 0.4) is 0 Å². The maximum atomic E-state index is 5.88. The number of nitrogens with zero attached hydrogens (tertiary/aromatic N) is 1. The van der Waals surface area contributed by atoms with Gasteiger partial charge >= 0.3 is 0 Å². The van der Waals surface area contributed by atoms with Crippen LogP contribution in [0.15, 0.2) is 30.6 Å². The van der Waals surface area contributed by atoms with Crippen molar-refractivity contribution in [3.8, 4) is 0 Å². The van der Waals surface area contributed by atoms with Gasteiger partial charge in [0.05, 0.1) is 11.9 Å². The molecule has 1 heterocycles. The summed E-state index contributed by atoms with van der Waals surface area (Å²) in [6.45, 7) is 0.666. The number of H-pyrrole nitrogens is 1. The fraction of sp³-hybridized carbons (Fsp3) is 0.100. The van der Waals surface area contributed by atoms with Crippen molar-refractivity contribution in [1.82, 2.24) is 10.2 Å². The fourth-order valence-corrected chi connectivity index (χ4v) is 1.84. The van der Waals surface area contributed by atoms with Gasteiger partial charge in [0, 0.05) is 22.8 Å². The summed E-state index contributed by atoms with van der Waals surface area (Å²) in [7, 11) is 0. The fourth-order valence-electron chi connectivity index (χ4n) is 1.26. The Morgan fingerprint density at radius 1 is 1.20 bits per heavy atom. The minimum atomic E-state index is 0.645. The first-order valence-corrected chi connectivity index (χ1v) is 5.17. The second-order valence-corrected chi connectivity index (χ2v) is 3.99. The molecule has 1 aromatic carbocycles. The Balaban J connectivity index is 2.05. The summed E-state index contributed by atoms with van der Waals surface area (Å²) in [4.78, 5) is 0. The molecule has 15 heavy (non-hydrogen) atoms. The molecule has 2 rings (SSSR count). The lowest BCUT2D eigenvalue weighted by Gasteiger charge is -2.04. The highest BCUT2D eigenvalue weighted by atomic mass is 35.5. The summed E-state index contributed by atoms with van der Waals surface area (Å²) in [6.07, 6.45) is 3.50. The van der Waals surface area contributed by atoms with Crippen LogP contribution >= 0.6 is 23.2 Å². The third-order valence-corrected chi connectivity index (χ3v) is 2.35. The molecule has 0 atom stereocenters. The van der Waals surface area contributed by atoms with Crippen molar-refractivity contribution in [2.45, 2.75) is 6.54 Å². The van der Waals surface area contributed by atoms with Crippen molar-refractivity contribution in [3.05, 3.63) is 46.2 Å². The Bertz CT molecular complexity index is 420. The molecule has 0 saturated heterocycles. The van der Waals surface area contributed by atoms with Crippen LogP contribution in [0.2, 0.25) is 10.0 Å². The Labute approximate surface area is 97.4 Å². The Morgan fingerprint density at radius 2 is 1.93 bits per heavy atom. The van der Waals surface area contributed by atoms with E-state index in [0.29, 0.717) is 16.6 Å². The molecule has 0 radical (unpaired) electrons. The van der Waals surface area contributed by atoms with E-state index in [1.807, 2.05) is 12.1 Å². The van der Waals surface area contributed by atoms with Gasteiger partial charge < -0.3 is 5.32 Å². The van der Waals surface area contributed by atoms with E-state index in [-0.39, 0.29) is 0 Å². The molecule has 0 fully saturated rings. The highest BCUT2D eigenvalue weighted by Crippen LogP contribution is 2.19. The topological polar surface area (TPSA) is 40.7 Å². The molecule has 1 aromatic heterocycles. The monoisotopic (exact) mass is 241 g/mol. The predicted molar refractivity (Wildman–Crippen MR) is 62.4 cm³/mol. The lowest BCUT2D eigenvalue weighted by atomic mass is 10.2. The number of aromatic amines is 1. The summed E-state index contributed by atoms with van der Waals surface area (Å²) in [5.74, 6) is 0. The van der Waals surface area contributed by atoms with E-state index in [4.69, 9.17) is 23.2 Å². The van der Waals surface area contributed by atoms with Crippen LogP contribution in [0.4, 0.5) is 5.69 Å². The summed E-state index contributed by atoms with van der Waals surface area (Å²) in [6, 6.07) is 5.46. The van der Waals surface area contributed by atoms with E-state index in [1.165, 1.54) is 0 Å². The number of hydrogen-bond acceptors (Lipinski definition) is 2. The zero-order valence-electron chi connectivity index (χ0n) is 7.80. The molecule has 3 nitrogen and oxygen atoms in total. The highest BCUT2D eigenvalue weighted by Gasteiger charge is 1.98. The van der Waals surface area contributed by atoms with Gasteiger partial charge in [-0.1, -0.05) is 23.2 Å². The van der Waals surface area contributed by atoms with Crippen LogP contribution in [-0.4, -0.2) is 10.2 Å². The maximum Gasteiger partial charge on any atom is 0.0726 e. The number of anilines is 1. The van der Waals surface area contributed by atoms with E-state index in [0.717, 1.165) is 11.3 Å². The first-order chi connectivity index (χ1) is 7.24. The summed E-state index contributed by atoms with van der Waals surface area (Å²) in [5, 5.41) is 11.0. The number of benzene rings is 1. The van der Waals surface area contributed by atoms with Gasteiger partial charge in [-0.05, 0) is 23.8 Å². The second kappa shape index (κ2) is 4.55. The van der Waals surface area contributed by atoms with E-state index in [9.17, 15) is 0 Å². The van der Waals surface area contributed by atoms with Crippen molar-refractivity contribution >= 4 is 28.9 Å². The van der Waals surface area contributed by atoms with Gasteiger partial charge in [-0.15, -0.1) is 0 Å². The molecule has 2 N–H and O–H groups in total. The van der Waals surface area contributed by atoms with Crippen LogP contribution in [0, 0.1) is 0 Å². The molecule has 0 aliphatic carbocycles. The number of aromatic nitrogens is 2. The van der Waals surface area contributed by atoms with Crippen LogP contribution < -0.4 is 5.32 Å². The van der Waals surface area contributed by atoms with Crippen molar-refractivity contribution in [1.29, 1.82) is 0 Å². The summed E-state index contributed by atoms with van der Waals surface area (Å²) < 4.78 is 0. The third kappa shape index (κ3) is 2.88. The quantitative estimate of drug-likeness (QED) is 0.866. The minimum absolute atomic E-state index is 0.645. The van der Waals surface area contributed by atoms with Crippen molar-refractivity contribution in [2.75, 3.05) is 5.32 Å². The van der Waals surface area contributed by atoms with E-state index in [1.54, 1.807) is 18.5 Å². The van der Waals surface area contributed by atoms with Gasteiger partial charge in [-0.25, -0.2) is 0 Å². The van der Waals surface area contributed by atoms with Gasteiger partial charge in [-0.2, -0.15) is 5.10 Å². The predicted octanol–water partition coefficient (Wildman–Crippen LogP) is 3.33. The largest absolute Gasteiger partial charge is 0.378 e. The van der Waals surface area contributed by atoms with Crippen molar-refractivity contribution < 1.29 is 0 Å². The van der Waals surface area contributed by atoms with Crippen LogP contribution in [-0.2, 0) is 6.54 Å². The number of halogens is 2. The molecule has 0 bridgehead atoms. The smallest absolute Gasteiger partial charge is 0.0726 e. The number of hydrogen-bond donors (Lipinski definition) is 2. The second-order valence-electron chi connectivity index (χ2n) is 3.12. The molecule has 2 aromatic rings. The zero-order valence-corrected chi connectivity index (χ0v) is 9.31. The molecule has 0 spiro atoms. The number of rotatable bonds is 3. The molecule has 0 amide bonds. The molecule has 0 unspecified atom stereocenters. The molecule has 78 valence electrons. The third-order valence-electron chi connectivity index (χ3n) is 1.92. The van der Waals surface area contributed by atoms with Crippen LogP contribution in [0.25, 0.3) is 0 Å².